The number of aliphatic hydroxyl groups is 1. The first-order valence-corrected chi connectivity index (χ1v) is 9.12. The fourth-order valence-electron chi connectivity index (χ4n) is 2.48. The Morgan fingerprint density at radius 2 is 1.96 bits per heavy atom. The van der Waals surface area contributed by atoms with Crippen molar-refractivity contribution >= 4 is 28.3 Å². The van der Waals surface area contributed by atoms with Crippen molar-refractivity contribution in [1.82, 2.24) is 10.3 Å². The fourth-order valence-corrected chi connectivity index (χ4v) is 3.45. The number of anilines is 1. The van der Waals surface area contributed by atoms with Crippen LogP contribution in [0.2, 0.25) is 0 Å². The number of aliphatic hydroxyl groups excluding tert-OH is 1. The van der Waals surface area contributed by atoms with Gasteiger partial charge in [0.25, 0.3) is 5.91 Å². The molecule has 1 aromatic carbocycles. The van der Waals surface area contributed by atoms with Crippen LogP contribution < -0.4 is 10.6 Å². The molecule has 8 heteroatoms. The van der Waals surface area contributed by atoms with E-state index in [1.54, 1.807) is 31.2 Å². The van der Waals surface area contributed by atoms with Crippen molar-refractivity contribution in [3.05, 3.63) is 59.5 Å². The maximum Gasteiger partial charge on any atom is 0.287 e. The second kappa shape index (κ2) is 8.15. The van der Waals surface area contributed by atoms with Gasteiger partial charge in [0.1, 0.15) is 5.76 Å². The number of hydrogen-bond donors (Lipinski definition) is 3. The number of amides is 2. The van der Waals surface area contributed by atoms with E-state index in [-0.39, 0.29) is 18.2 Å². The summed E-state index contributed by atoms with van der Waals surface area (Å²) in [5, 5.41) is 15.9. The molecule has 140 valence electrons. The number of nitrogens with zero attached hydrogens (tertiary/aromatic N) is 1. The zero-order valence-electron chi connectivity index (χ0n) is 14.9. The number of carbonyl (C=O) groups is 2. The number of benzene rings is 1. The quantitative estimate of drug-likeness (QED) is 0.605. The van der Waals surface area contributed by atoms with E-state index in [0.29, 0.717) is 16.6 Å². The van der Waals surface area contributed by atoms with Crippen molar-refractivity contribution in [2.24, 2.45) is 0 Å². The van der Waals surface area contributed by atoms with Gasteiger partial charge in [-0.2, -0.15) is 0 Å². The molecule has 0 aliphatic heterocycles. The van der Waals surface area contributed by atoms with E-state index in [0.717, 1.165) is 10.4 Å². The number of aromatic nitrogens is 1. The van der Waals surface area contributed by atoms with Gasteiger partial charge in [-0.05, 0) is 24.6 Å². The van der Waals surface area contributed by atoms with Crippen molar-refractivity contribution in [2.45, 2.75) is 20.0 Å². The molecule has 2 aromatic heterocycles. The lowest BCUT2D eigenvalue weighted by Crippen LogP contribution is -2.28. The Balaban J connectivity index is 1.66. The number of thiazole rings is 1. The Hall–Kier alpha value is -2.97. The molecule has 2 heterocycles. The van der Waals surface area contributed by atoms with Gasteiger partial charge in [-0.15, -0.1) is 0 Å². The largest absolute Gasteiger partial charge is 0.450 e. The lowest BCUT2D eigenvalue weighted by molar-refractivity contribution is -0.114. The minimum Gasteiger partial charge on any atom is -0.450 e. The van der Waals surface area contributed by atoms with Crippen LogP contribution in [0.25, 0.3) is 10.6 Å². The maximum absolute atomic E-state index is 12.3. The molecular formula is C19H19N3O4S. The topological polar surface area (TPSA) is 104 Å². The zero-order valence-corrected chi connectivity index (χ0v) is 15.7. The van der Waals surface area contributed by atoms with Crippen LogP contribution in [-0.2, 0) is 4.79 Å². The Labute approximate surface area is 160 Å². The van der Waals surface area contributed by atoms with Gasteiger partial charge < -0.3 is 20.2 Å². The van der Waals surface area contributed by atoms with Crippen LogP contribution in [0.5, 0.6) is 0 Å². The van der Waals surface area contributed by atoms with Gasteiger partial charge in [0.2, 0.25) is 5.91 Å². The molecular weight excluding hydrogens is 366 g/mol. The highest BCUT2D eigenvalue weighted by atomic mass is 32.1. The number of aryl methyl sites for hydroxylation is 1. The summed E-state index contributed by atoms with van der Waals surface area (Å²) in [6.45, 7) is 3.29. The summed E-state index contributed by atoms with van der Waals surface area (Å²) in [4.78, 5) is 28.4. The maximum atomic E-state index is 12.3. The molecule has 7 nitrogen and oxygen atoms in total. The van der Waals surface area contributed by atoms with Crippen LogP contribution in [0.4, 0.5) is 5.13 Å². The lowest BCUT2D eigenvalue weighted by atomic mass is 10.1. The predicted octanol–water partition coefficient (Wildman–Crippen LogP) is 3.13. The monoisotopic (exact) mass is 385 g/mol. The second-order valence-corrected chi connectivity index (χ2v) is 6.91. The Bertz CT molecular complexity index is 949. The predicted molar refractivity (Wildman–Crippen MR) is 103 cm³/mol. The van der Waals surface area contributed by atoms with E-state index in [2.05, 4.69) is 15.6 Å². The molecule has 0 aliphatic carbocycles. The van der Waals surface area contributed by atoms with Crippen molar-refractivity contribution < 1.29 is 19.1 Å². The summed E-state index contributed by atoms with van der Waals surface area (Å²) in [7, 11) is 0. The van der Waals surface area contributed by atoms with E-state index in [9.17, 15) is 14.7 Å². The molecule has 1 atom stereocenters. The summed E-state index contributed by atoms with van der Waals surface area (Å²) < 4.78 is 5.63. The highest BCUT2D eigenvalue weighted by Gasteiger charge is 2.18. The van der Waals surface area contributed by atoms with Gasteiger partial charge in [-0.1, -0.05) is 41.7 Å². The molecule has 0 spiro atoms. The van der Waals surface area contributed by atoms with Crippen LogP contribution >= 0.6 is 11.3 Å². The third-order valence-corrected chi connectivity index (χ3v) is 4.86. The number of furan rings is 1. The van der Waals surface area contributed by atoms with Crippen LogP contribution in [0.1, 0.15) is 34.8 Å². The zero-order chi connectivity index (χ0) is 19.4. The first-order valence-electron chi connectivity index (χ1n) is 8.30. The number of nitrogens with one attached hydrogen (secondary N) is 2. The minimum atomic E-state index is -0.798. The summed E-state index contributed by atoms with van der Waals surface area (Å²) in [6.07, 6.45) is -0.798. The van der Waals surface area contributed by atoms with Gasteiger partial charge in [0.15, 0.2) is 10.9 Å². The van der Waals surface area contributed by atoms with Gasteiger partial charge in [-0.3, -0.25) is 9.59 Å². The molecule has 2 amide bonds. The molecule has 0 saturated carbocycles. The summed E-state index contributed by atoms with van der Waals surface area (Å²) in [5.74, 6) is 0.0155. The molecule has 3 N–H and O–H groups in total. The van der Waals surface area contributed by atoms with E-state index in [4.69, 9.17) is 4.42 Å². The van der Waals surface area contributed by atoms with Gasteiger partial charge in [0, 0.05) is 13.5 Å². The van der Waals surface area contributed by atoms with Crippen molar-refractivity contribution in [3.63, 3.8) is 0 Å². The van der Waals surface area contributed by atoms with Crippen LogP contribution in [0, 0.1) is 6.92 Å². The third kappa shape index (κ3) is 4.60. The standard InChI is InChI=1S/C19H19N3O4S/c1-11-17(27-19(21-11)22-12(2)23)15-8-9-16(26-15)18(25)20-10-14(24)13-6-4-3-5-7-13/h3-9,14,24H,10H2,1-2H3,(H,20,25)(H,21,22,23). The van der Waals surface area contributed by atoms with Crippen molar-refractivity contribution in [3.8, 4) is 10.6 Å². The smallest absolute Gasteiger partial charge is 0.287 e. The molecule has 0 radical (unpaired) electrons. The lowest BCUT2D eigenvalue weighted by Gasteiger charge is -2.11. The van der Waals surface area contributed by atoms with Gasteiger partial charge in [0.05, 0.1) is 16.7 Å². The minimum absolute atomic E-state index is 0.0745. The molecule has 1 unspecified atom stereocenters. The highest BCUT2D eigenvalue weighted by molar-refractivity contribution is 7.19. The molecule has 3 rings (SSSR count). The van der Waals surface area contributed by atoms with Crippen LogP contribution in [0.3, 0.4) is 0 Å². The van der Waals surface area contributed by atoms with E-state index in [1.807, 2.05) is 18.2 Å². The average molecular weight is 385 g/mol. The summed E-state index contributed by atoms with van der Waals surface area (Å²) in [5.41, 5.74) is 1.42. The molecule has 27 heavy (non-hydrogen) atoms. The third-order valence-electron chi connectivity index (χ3n) is 3.77. The van der Waals surface area contributed by atoms with E-state index < -0.39 is 12.0 Å². The van der Waals surface area contributed by atoms with Gasteiger partial charge in [-0.25, -0.2) is 4.98 Å². The first kappa shape index (κ1) is 18.8. The summed E-state index contributed by atoms with van der Waals surface area (Å²) >= 11 is 1.27. The van der Waals surface area contributed by atoms with E-state index in [1.165, 1.54) is 18.3 Å². The number of rotatable bonds is 6. The SMILES string of the molecule is CC(=O)Nc1nc(C)c(-c2ccc(C(=O)NCC(O)c3ccccc3)o2)s1. The Morgan fingerprint density at radius 3 is 2.67 bits per heavy atom. The molecule has 0 fully saturated rings. The van der Waals surface area contributed by atoms with Crippen LogP contribution in [0.15, 0.2) is 46.9 Å². The normalized spacial score (nSPS) is 11.8. The highest BCUT2D eigenvalue weighted by Crippen LogP contribution is 2.33. The Kier molecular flexibility index (Phi) is 5.68. The van der Waals surface area contributed by atoms with Crippen molar-refractivity contribution in [1.29, 1.82) is 0 Å². The van der Waals surface area contributed by atoms with Crippen LogP contribution in [-0.4, -0.2) is 28.4 Å². The fraction of sp³-hybridized carbons (Fsp3) is 0.211. The average Bonchev–Trinajstić information content (AvgIpc) is 3.26. The first-order chi connectivity index (χ1) is 12.9. The summed E-state index contributed by atoms with van der Waals surface area (Å²) in [6, 6.07) is 12.3. The van der Waals surface area contributed by atoms with Crippen molar-refractivity contribution in [2.75, 3.05) is 11.9 Å². The van der Waals surface area contributed by atoms with E-state index >= 15 is 0 Å². The van der Waals surface area contributed by atoms with Gasteiger partial charge >= 0.3 is 0 Å². The second-order valence-electron chi connectivity index (χ2n) is 5.92. The molecule has 0 bridgehead atoms. The molecule has 0 saturated heterocycles. The molecule has 0 aliphatic rings. The number of hydrogen-bond acceptors (Lipinski definition) is 6. The Morgan fingerprint density at radius 1 is 1.22 bits per heavy atom. The molecule has 3 aromatic rings. The number of carbonyl (C=O) groups excluding carboxylic acids is 2.